The Kier molecular flexibility index (Phi) is 26.4. The largest absolute Gasteiger partial charge is 0.508 e. The van der Waals surface area contributed by atoms with Crippen molar-refractivity contribution in [1.82, 2.24) is 46.8 Å². The van der Waals surface area contributed by atoms with E-state index in [-0.39, 0.29) is 65.2 Å². The van der Waals surface area contributed by atoms with Crippen molar-refractivity contribution in [3.63, 3.8) is 0 Å². The molecule has 6 aromatic rings. The Hall–Kier alpha value is -10.6. The maximum Gasteiger partial charge on any atom is 0.342 e. The van der Waals surface area contributed by atoms with Gasteiger partial charge < -0.3 is 143 Å². The van der Waals surface area contributed by atoms with Gasteiger partial charge in [0, 0.05) is 41.6 Å². The number of aliphatic hydroxyl groups excluding tert-OH is 7. The lowest BCUT2D eigenvalue weighted by atomic mass is 9.86. The Balaban J connectivity index is 0.00000103. The summed E-state index contributed by atoms with van der Waals surface area (Å²) in [6.45, 7) is 7.40. The molecule has 7 aliphatic heterocycles. The molecule has 2 saturated heterocycles. The zero-order chi connectivity index (χ0) is 82.7. The van der Waals surface area contributed by atoms with E-state index in [1.165, 1.54) is 43.8 Å². The summed E-state index contributed by atoms with van der Waals surface area (Å²) in [5.74, 6) is -15.5. The lowest BCUT2D eigenvalue weighted by Gasteiger charge is -2.47. The quantitative estimate of drug-likeness (QED) is 0.0454. The highest BCUT2D eigenvalue weighted by Crippen LogP contribution is 2.50. The number of nitrogens with one attached hydrogen (secondary N) is 7. The molecule has 39 nitrogen and oxygen atoms in total. The number of halogens is 2. The molecule has 7 amide bonds. The van der Waals surface area contributed by atoms with E-state index < -0.39 is 242 Å². The van der Waals surface area contributed by atoms with Crippen LogP contribution in [0.2, 0.25) is 10.0 Å². The smallest absolute Gasteiger partial charge is 0.342 e. The van der Waals surface area contributed by atoms with Gasteiger partial charge in [-0.3, -0.25) is 33.6 Å². The summed E-state index contributed by atoms with van der Waals surface area (Å²) in [5, 5.41) is 149. The van der Waals surface area contributed by atoms with Gasteiger partial charge in [-0.15, -0.1) is 0 Å². The molecule has 13 rings (SSSR count). The highest BCUT2D eigenvalue weighted by atomic mass is 35.5. The fraction of sp³-hybridized carbons (Fsp3) is 0.431. The van der Waals surface area contributed by atoms with E-state index in [2.05, 4.69) is 42.2 Å². The van der Waals surface area contributed by atoms with Crippen molar-refractivity contribution in [1.29, 1.82) is 0 Å². The molecule has 18 atom stereocenters. The number of ether oxygens (including phenoxy) is 6. The third-order valence-corrected chi connectivity index (χ3v) is 19.9. The number of aromatic nitrogens is 2. The van der Waals surface area contributed by atoms with Crippen LogP contribution in [-0.4, -0.2) is 217 Å². The Morgan fingerprint density at radius 1 is 0.770 bits per heavy atom. The Bertz CT molecular complexity index is 4650. The van der Waals surface area contributed by atoms with Gasteiger partial charge in [-0.1, -0.05) is 55.2 Å². The summed E-state index contributed by atoms with van der Waals surface area (Å²) in [4.78, 5) is 130. The van der Waals surface area contributed by atoms with Crippen LogP contribution >= 0.6 is 23.2 Å². The van der Waals surface area contributed by atoms with E-state index in [4.69, 9.17) is 68.2 Å². The number of fused-ring (bicyclic) bond motifs is 15. The Morgan fingerprint density at radius 3 is 1.96 bits per heavy atom. The lowest BCUT2D eigenvalue weighted by Crippen LogP contribution is -2.64. The van der Waals surface area contributed by atoms with Crippen LogP contribution in [0, 0.1) is 23.0 Å². The van der Waals surface area contributed by atoms with E-state index in [9.17, 15) is 85.2 Å². The van der Waals surface area contributed by atoms with E-state index in [0.717, 1.165) is 66.7 Å². The molecule has 0 aliphatic carbocycles. The second-order valence-corrected chi connectivity index (χ2v) is 28.8. The van der Waals surface area contributed by atoms with E-state index >= 15 is 14.4 Å². The molecule has 8 heterocycles. The number of phenolic OH excluding ortho intramolecular Hbond substituents is 3. The first-order valence-corrected chi connectivity index (χ1v) is 35.8. The number of carboxylic acid groups (broad SMARTS) is 1. The maximum absolute atomic E-state index is 16.0. The molecular weight excluding hydrogens is 1540 g/mol. The number of carbonyl (C=O) groups is 8. The topological polar surface area (TPSA) is 612 Å². The molecular formula is C72H84Cl2N12O27. The van der Waals surface area contributed by atoms with Crippen LogP contribution in [0.4, 0.5) is 5.82 Å². The number of aliphatic carboxylic acids is 1. The number of imidazole rings is 1. The Labute approximate surface area is 651 Å². The number of amides is 7. The first-order valence-electron chi connectivity index (χ1n) is 35.1. The maximum atomic E-state index is 16.0. The second kappa shape index (κ2) is 35.2. The third kappa shape index (κ3) is 18.7. The van der Waals surface area contributed by atoms with Gasteiger partial charge >= 0.3 is 11.8 Å². The summed E-state index contributed by atoms with van der Waals surface area (Å²) in [6, 6.07) is -0.679. The first-order chi connectivity index (χ1) is 53.3. The van der Waals surface area contributed by atoms with Crippen LogP contribution in [0.5, 0.6) is 46.0 Å². The average molecular weight is 1620 g/mol. The van der Waals surface area contributed by atoms with Crippen molar-refractivity contribution < 1.29 is 128 Å². The monoisotopic (exact) mass is 1620 g/mol. The molecule has 7 aliphatic rings. The third-order valence-electron chi connectivity index (χ3n) is 19.3. The number of carboxylic acids is 1. The SMILES string of the molecule is CN[C@H](CC(C)C)C(=O)N[C@H]1C(=O)N[C@@H](CC(N)=O)C(=O)N[C@H]2C(=O)N[C@H]3C(=O)N[C@H](C(=O)N[C@@H](C(=O)O)c4cc(O)cc(O)c4-c4cc3ccc4O)[C@H](O)c3ccc(c(Cl)c3)Oc3cc2cc(c3O[C@@H]2O[C@H](CO)[C@@H](O)[C@H](O)[C@H]2O[C@H]2C[C@](C)(N)C(O)[C@H](C)O2)Oc2ccc(cc2Cl)[C@H]1O.Cc1ncc([N+](=O)[O-])n1CCO. The molecule has 0 spiro atoms. The van der Waals surface area contributed by atoms with Crippen LogP contribution in [0.25, 0.3) is 11.1 Å². The number of nitrogens with two attached hydrogens (primary N) is 2. The zero-order valence-corrected chi connectivity index (χ0v) is 62.4. The van der Waals surface area contributed by atoms with Gasteiger partial charge in [0.05, 0.1) is 47.9 Å². The number of phenols is 3. The number of benzene rings is 5. The summed E-state index contributed by atoms with van der Waals surface area (Å²) in [7, 11) is 1.47. The highest BCUT2D eigenvalue weighted by molar-refractivity contribution is 6.32. The molecule has 22 N–H and O–H groups in total. The number of hydrogen-bond donors (Lipinski definition) is 20. The molecule has 41 heteroatoms. The highest BCUT2D eigenvalue weighted by Gasteiger charge is 2.52. The fourth-order valence-corrected chi connectivity index (χ4v) is 13.9. The van der Waals surface area contributed by atoms with Gasteiger partial charge in [-0.25, -0.2) is 14.3 Å². The van der Waals surface area contributed by atoms with Gasteiger partial charge in [-0.05, 0) is 115 Å². The van der Waals surface area contributed by atoms with E-state index in [1.54, 1.807) is 6.92 Å². The van der Waals surface area contributed by atoms with Crippen LogP contribution in [0.1, 0.15) is 111 Å². The number of nitrogens with zero attached hydrogens (tertiary/aromatic N) is 3. The number of nitro groups is 1. The molecule has 0 saturated carbocycles. The second-order valence-electron chi connectivity index (χ2n) is 28.0. The standard InChI is InChI=1S/C66H75Cl2N9O24.C6H9N3O3/c1-23(2)12-34(71-5)58(88)76-49-51(83)26-7-10-38(32(67)14-26)97-40-16-28-17-41(55(40)101-65-56(54(86)53(85)42(22-78)99-65)100-44-21-66(4,70)57(87)24(3)96-44)98-39-11-8-27(15-33(39)68)52(84)50-63(93)75-48(64(94)95)31-18-29(79)19-37(81)45(31)30-13-25(6-9-36(30)80)46(60(90)77-50)74-61(91)47(28)73-59(89)35(20-43(69)82)72-62(49)92;1-5-7-4-6(9(11)12)8(5)2-3-10/h6-11,13-19,23-24,34-35,42,44,46-54,56-57,65,71,78-81,83-87H,12,20-22,70H2,1-5H3,(H2,69,82)(H,72,92)(H,73,89)(H,74,91)(H,75,93)(H,76,88)(H,77,90)(H,94,95);4,10H,2-3H2,1H3/t24-,34+,35-,42+,44-,46+,47+,48+,49+,50-,51+,52+,53+,54-,56+,57?,65-,66-;/m0./s1. The number of aryl methyl sites for hydroxylation is 1. The van der Waals surface area contributed by atoms with E-state index in [0.29, 0.717) is 5.82 Å². The number of hydrogen-bond acceptors (Lipinski definition) is 29. The zero-order valence-electron chi connectivity index (χ0n) is 60.9. The first kappa shape index (κ1) is 84.8. The summed E-state index contributed by atoms with van der Waals surface area (Å²) in [5.41, 5.74) is 8.00. The van der Waals surface area contributed by atoms with Crippen LogP contribution < -0.4 is 62.9 Å². The van der Waals surface area contributed by atoms with Crippen molar-refractivity contribution in [3.05, 3.63) is 139 Å². The van der Waals surface area contributed by atoms with Gasteiger partial charge in [-0.2, -0.15) is 0 Å². The molecule has 2 fully saturated rings. The number of aromatic hydroxyl groups is 3. The molecule has 608 valence electrons. The van der Waals surface area contributed by atoms with Crippen molar-refractivity contribution in [2.24, 2.45) is 17.4 Å². The fourth-order valence-electron chi connectivity index (χ4n) is 13.5. The summed E-state index contributed by atoms with van der Waals surface area (Å²) in [6.07, 6.45) is -17.4. The van der Waals surface area contributed by atoms with Crippen molar-refractivity contribution in [2.45, 2.75) is 170 Å². The minimum absolute atomic E-state index is 0.0819. The van der Waals surface area contributed by atoms with E-state index in [1.807, 2.05) is 13.8 Å². The van der Waals surface area contributed by atoms with Gasteiger partial charge in [0.25, 0.3) is 0 Å². The number of carbonyl (C=O) groups excluding carboxylic acids is 7. The molecule has 0 radical (unpaired) electrons. The molecule has 1 aromatic heterocycles. The van der Waals surface area contributed by atoms with Gasteiger partial charge in [0.1, 0.15) is 102 Å². The number of primary amides is 1. The summed E-state index contributed by atoms with van der Waals surface area (Å²) >= 11 is 14.1. The minimum atomic E-state index is -2.35. The number of likely N-dealkylation sites (N-methyl/N-ethyl adjacent to an activating group) is 1. The summed E-state index contributed by atoms with van der Waals surface area (Å²) < 4.78 is 39.7. The van der Waals surface area contributed by atoms with Crippen LogP contribution in [0.3, 0.4) is 0 Å². The minimum Gasteiger partial charge on any atom is -0.508 e. The molecule has 5 aromatic carbocycles. The van der Waals surface area contributed by atoms with Crippen molar-refractivity contribution in [2.75, 3.05) is 20.3 Å². The molecule has 11 bridgehead atoms. The Morgan fingerprint density at radius 2 is 1.38 bits per heavy atom. The van der Waals surface area contributed by atoms with Gasteiger partial charge in [0.15, 0.2) is 35.8 Å². The van der Waals surface area contributed by atoms with Crippen LogP contribution in [0.15, 0.2) is 85.1 Å². The molecule has 1 unspecified atom stereocenters. The lowest BCUT2D eigenvalue weighted by molar-refractivity contribution is -0.392. The van der Waals surface area contributed by atoms with Crippen molar-refractivity contribution in [3.8, 4) is 57.1 Å². The van der Waals surface area contributed by atoms with Gasteiger partial charge in [0.2, 0.25) is 53.4 Å². The number of rotatable bonds is 16. The number of aliphatic hydroxyl groups is 7. The predicted octanol–water partition coefficient (Wildman–Crippen LogP) is 0.198. The predicted molar refractivity (Wildman–Crippen MR) is 390 cm³/mol. The molecule has 113 heavy (non-hydrogen) atoms. The average Bonchev–Trinajstić information content (AvgIpc) is 0.993. The van der Waals surface area contributed by atoms with Crippen LogP contribution in [-0.2, 0) is 59.1 Å². The normalized spacial score (nSPS) is 27.4. The van der Waals surface area contributed by atoms with Crippen molar-refractivity contribution >= 4 is 76.3 Å².